The second-order valence-corrected chi connectivity index (χ2v) is 5.58. The monoisotopic (exact) mass is 375 g/mol. The lowest BCUT2D eigenvalue weighted by Gasteiger charge is -2.06. The molecule has 0 atom stereocenters. The smallest absolute Gasteiger partial charge is 0.0819 e. The summed E-state index contributed by atoms with van der Waals surface area (Å²) in [4.78, 5) is 0. The van der Waals surface area contributed by atoms with E-state index in [0.29, 0.717) is 0 Å². The zero-order chi connectivity index (χ0) is 13.8. The zero-order valence-electron chi connectivity index (χ0n) is 10.8. The number of benzene rings is 2. The van der Waals surface area contributed by atoms with Crippen molar-refractivity contribution in [3.63, 3.8) is 0 Å². The van der Waals surface area contributed by atoms with Gasteiger partial charge in [0, 0.05) is 15.5 Å². The summed E-state index contributed by atoms with van der Waals surface area (Å²) in [6, 6.07) is 20.4. The number of hydrogen-bond acceptors (Lipinski definition) is 2. The van der Waals surface area contributed by atoms with Crippen LogP contribution in [-0.2, 0) is 6.54 Å². The minimum atomic E-state index is 0.722. The Morgan fingerprint density at radius 1 is 0.950 bits per heavy atom. The molecule has 0 aliphatic heterocycles. The molecule has 3 rings (SSSR count). The Hall–Kier alpha value is -1.82. The Labute approximate surface area is 131 Å². The van der Waals surface area contributed by atoms with Crippen molar-refractivity contribution >= 4 is 28.3 Å². The second kappa shape index (κ2) is 6.09. The van der Waals surface area contributed by atoms with E-state index >= 15 is 0 Å². The van der Waals surface area contributed by atoms with Crippen molar-refractivity contribution in [1.29, 1.82) is 0 Å². The summed E-state index contributed by atoms with van der Waals surface area (Å²) in [5.74, 6) is 0. The summed E-state index contributed by atoms with van der Waals surface area (Å²) >= 11 is 2.33. The van der Waals surface area contributed by atoms with Gasteiger partial charge in [0.15, 0.2) is 0 Å². The molecular formula is C16H14IN3. The lowest BCUT2D eigenvalue weighted by molar-refractivity contribution is 0.844. The Balaban J connectivity index is 1.71. The van der Waals surface area contributed by atoms with E-state index in [1.807, 2.05) is 59.4 Å². The predicted octanol–water partition coefficient (Wildman–Crippen LogP) is 4.09. The topological polar surface area (TPSA) is 29.9 Å². The van der Waals surface area contributed by atoms with Gasteiger partial charge in [0.25, 0.3) is 0 Å². The maximum atomic E-state index is 4.58. The number of aromatic nitrogens is 2. The molecule has 4 heteroatoms. The fourth-order valence-corrected chi connectivity index (χ4v) is 2.55. The fraction of sp³-hybridized carbons (Fsp3) is 0.0625. The van der Waals surface area contributed by atoms with E-state index in [1.165, 1.54) is 3.57 Å². The highest BCUT2D eigenvalue weighted by Gasteiger charge is 2.02. The van der Waals surface area contributed by atoms with Crippen molar-refractivity contribution in [1.82, 2.24) is 9.78 Å². The van der Waals surface area contributed by atoms with Gasteiger partial charge in [-0.25, -0.2) is 4.68 Å². The van der Waals surface area contributed by atoms with Crippen LogP contribution in [0.15, 0.2) is 66.9 Å². The molecular weight excluding hydrogens is 361 g/mol. The van der Waals surface area contributed by atoms with Crippen LogP contribution in [0.4, 0.5) is 5.69 Å². The third-order valence-corrected chi connectivity index (χ3v) is 3.94. The van der Waals surface area contributed by atoms with Gasteiger partial charge in [0.1, 0.15) is 0 Å². The van der Waals surface area contributed by atoms with Gasteiger partial charge < -0.3 is 5.32 Å². The summed E-state index contributed by atoms with van der Waals surface area (Å²) in [7, 11) is 0. The fourth-order valence-electron chi connectivity index (χ4n) is 1.97. The number of rotatable bonds is 4. The molecule has 1 heterocycles. The van der Waals surface area contributed by atoms with Crippen LogP contribution < -0.4 is 5.32 Å². The highest BCUT2D eigenvalue weighted by molar-refractivity contribution is 14.1. The van der Waals surface area contributed by atoms with Crippen molar-refractivity contribution in [3.8, 4) is 5.69 Å². The molecule has 0 saturated carbocycles. The number of nitrogens with one attached hydrogen (secondary N) is 1. The number of para-hydroxylation sites is 2. The minimum Gasteiger partial charge on any atom is -0.378 e. The van der Waals surface area contributed by atoms with E-state index in [4.69, 9.17) is 0 Å². The Morgan fingerprint density at radius 3 is 2.50 bits per heavy atom. The summed E-state index contributed by atoms with van der Waals surface area (Å²) in [5, 5.41) is 7.99. The molecule has 0 amide bonds. The molecule has 3 aromatic rings. The molecule has 100 valence electrons. The predicted molar refractivity (Wildman–Crippen MR) is 90.0 cm³/mol. The third-order valence-electron chi connectivity index (χ3n) is 3.00. The van der Waals surface area contributed by atoms with E-state index in [2.05, 4.69) is 45.1 Å². The standard InChI is InChI=1S/C16H14IN3/c17-15-8-4-5-9-16(15)18-12-13-10-11-20(19-13)14-6-2-1-3-7-14/h1-11,18H,12H2. The number of anilines is 1. The van der Waals surface area contributed by atoms with Crippen LogP contribution in [0.25, 0.3) is 5.69 Å². The molecule has 0 aliphatic rings. The van der Waals surface area contributed by atoms with E-state index in [1.54, 1.807) is 0 Å². The average molecular weight is 375 g/mol. The first kappa shape index (κ1) is 13.2. The molecule has 1 N–H and O–H groups in total. The van der Waals surface area contributed by atoms with E-state index in [0.717, 1.165) is 23.6 Å². The lowest BCUT2D eigenvalue weighted by atomic mass is 10.3. The van der Waals surface area contributed by atoms with Gasteiger partial charge in [-0.15, -0.1) is 0 Å². The molecule has 20 heavy (non-hydrogen) atoms. The van der Waals surface area contributed by atoms with Crippen LogP contribution in [0, 0.1) is 3.57 Å². The number of halogens is 1. The molecule has 0 radical (unpaired) electrons. The van der Waals surface area contributed by atoms with Crippen molar-refractivity contribution in [3.05, 3.63) is 76.1 Å². The van der Waals surface area contributed by atoms with Crippen LogP contribution in [0.1, 0.15) is 5.69 Å². The first-order chi connectivity index (χ1) is 9.83. The lowest BCUT2D eigenvalue weighted by Crippen LogP contribution is -2.03. The average Bonchev–Trinajstić information content (AvgIpc) is 2.96. The van der Waals surface area contributed by atoms with Crippen LogP contribution in [0.5, 0.6) is 0 Å². The molecule has 0 aliphatic carbocycles. The van der Waals surface area contributed by atoms with Crippen LogP contribution >= 0.6 is 22.6 Å². The summed E-state index contributed by atoms with van der Waals surface area (Å²) in [6.45, 7) is 0.722. The van der Waals surface area contributed by atoms with Gasteiger partial charge in [0.2, 0.25) is 0 Å². The van der Waals surface area contributed by atoms with Gasteiger partial charge in [-0.05, 0) is 52.9 Å². The maximum Gasteiger partial charge on any atom is 0.0819 e. The van der Waals surface area contributed by atoms with Gasteiger partial charge >= 0.3 is 0 Å². The highest BCUT2D eigenvalue weighted by Crippen LogP contribution is 2.17. The van der Waals surface area contributed by atoms with Crippen LogP contribution in [-0.4, -0.2) is 9.78 Å². The zero-order valence-corrected chi connectivity index (χ0v) is 13.0. The quantitative estimate of drug-likeness (QED) is 0.697. The third kappa shape index (κ3) is 3.01. The number of nitrogens with zero attached hydrogens (tertiary/aromatic N) is 2. The highest BCUT2D eigenvalue weighted by atomic mass is 127. The van der Waals surface area contributed by atoms with Crippen molar-refractivity contribution < 1.29 is 0 Å². The second-order valence-electron chi connectivity index (χ2n) is 4.42. The number of hydrogen-bond donors (Lipinski definition) is 1. The Morgan fingerprint density at radius 2 is 1.70 bits per heavy atom. The van der Waals surface area contributed by atoms with Crippen LogP contribution in [0.3, 0.4) is 0 Å². The summed E-state index contributed by atoms with van der Waals surface area (Å²) in [5.41, 5.74) is 3.24. The molecule has 0 spiro atoms. The van der Waals surface area contributed by atoms with Crippen molar-refractivity contribution in [2.24, 2.45) is 0 Å². The Bertz CT molecular complexity index is 692. The molecule has 0 unspecified atom stereocenters. The molecule has 0 fully saturated rings. The van der Waals surface area contributed by atoms with Crippen molar-refractivity contribution in [2.45, 2.75) is 6.54 Å². The largest absolute Gasteiger partial charge is 0.378 e. The summed E-state index contributed by atoms with van der Waals surface area (Å²) in [6.07, 6.45) is 1.99. The minimum absolute atomic E-state index is 0.722. The molecule has 0 saturated heterocycles. The van der Waals surface area contributed by atoms with Crippen molar-refractivity contribution in [2.75, 3.05) is 5.32 Å². The molecule has 2 aromatic carbocycles. The first-order valence-corrected chi connectivity index (χ1v) is 7.49. The van der Waals surface area contributed by atoms with E-state index in [9.17, 15) is 0 Å². The maximum absolute atomic E-state index is 4.58. The Kier molecular flexibility index (Phi) is 4.01. The van der Waals surface area contributed by atoms with E-state index in [-0.39, 0.29) is 0 Å². The van der Waals surface area contributed by atoms with Gasteiger partial charge in [-0.3, -0.25) is 0 Å². The molecule has 1 aromatic heterocycles. The first-order valence-electron chi connectivity index (χ1n) is 6.41. The molecule has 3 nitrogen and oxygen atoms in total. The summed E-state index contributed by atoms with van der Waals surface area (Å²) < 4.78 is 3.11. The molecule has 0 bridgehead atoms. The van der Waals surface area contributed by atoms with Gasteiger partial charge in [0.05, 0.1) is 17.9 Å². The van der Waals surface area contributed by atoms with E-state index < -0.39 is 0 Å². The normalized spacial score (nSPS) is 10.4. The van der Waals surface area contributed by atoms with Crippen LogP contribution in [0.2, 0.25) is 0 Å². The van der Waals surface area contributed by atoms with Gasteiger partial charge in [-0.1, -0.05) is 30.3 Å². The van der Waals surface area contributed by atoms with Gasteiger partial charge in [-0.2, -0.15) is 5.10 Å². The SMILES string of the molecule is Ic1ccccc1NCc1ccn(-c2ccccc2)n1.